The van der Waals surface area contributed by atoms with Crippen LogP contribution in [0.1, 0.15) is 42.0 Å². The zero-order valence-electron chi connectivity index (χ0n) is 15.9. The van der Waals surface area contributed by atoms with Crippen molar-refractivity contribution in [3.05, 3.63) is 57.6 Å². The Morgan fingerprint density at radius 2 is 2.04 bits per heavy atom. The van der Waals surface area contributed by atoms with E-state index in [4.69, 9.17) is 39.0 Å². The quantitative estimate of drug-likeness (QED) is 0.402. The van der Waals surface area contributed by atoms with Gasteiger partial charge in [0.05, 0.1) is 13.3 Å². The summed E-state index contributed by atoms with van der Waals surface area (Å²) in [4.78, 5) is 0. The molecule has 0 saturated carbocycles. The van der Waals surface area contributed by atoms with Gasteiger partial charge in [-0.05, 0) is 72.1 Å². The molecule has 0 aliphatic heterocycles. The summed E-state index contributed by atoms with van der Waals surface area (Å²) in [5, 5.41) is 4.83. The number of hydrogen-bond acceptors (Lipinski definition) is 4. The van der Waals surface area contributed by atoms with Crippen LogP contribution in [-0.4, -0.2) is 18.4 Å². The zero-order chi connectivity index (χ0) is 20.0. The summed E-state index contributed by atoms with van der Waals surface area (Å²) >= 11 is 11.0. The topological polar surface area (TPSA) is 68.9 Å². The maximum Gasteiger partial charge on any atom is 0.184 e. The molecule has 3 N–H and O–H groups in total. The van der Waals surface area contributed by atoms with Crippen molar-refractivity contribution in [2.24, 2.45) is 10.8 Å². The van der Waals surface area contributed by atoms with Crippen LogP contribution in [0.4, 0.5) is 0 Å². The third-order valence-corrected chi connectivity index (χ3v) is 4.49. The number of benzene rings is 2. The van der Waals surface area contributed by atoms with Gasteiger partial charge in [0.2, 0.25) is 0 Å². The number of halogens is 1. The summed E-state index contributed by atoms with van der Waals surface area (Å²) in [6.07, 6.45) is 1.63. The van der Waals surface area contributed by atoms with Crippen molar-refractivity contribution in [2.75, 3.05) is 7.11 Å². The average Bonchev–Trinajstić information content (AvgIpc) is 2.62. The zero-order valence-corrected chi connectivity index (χ0v) is 17.4. The van der Waals surface area contributed by atoms with Crippen molar-refractivity contribution >= 4 is 35.1 Å². The van der Waals surface area contributed by atoms with Gasteiger partial charge >= 0.3 is 0 Å². The van der Waals surface area contributed by atoms with Gasteiger partial charge in [0.25, 0.3) is 0 Å². The first-order chi connectivity index (χ1) is 12.8. The van der Waals surface area contributed by atoms with E-state index in [0.29, 0.717) is 12.5 Å². The van der Waals surface area contributed by atoms with Gasteiger partial charge in [-0.25, -0.2) is 0 Å². The van der Waals surface area contributed by atoms with Gasteiger partial charge < -0.3 is 15.2 Å². The van der Waals surface area contributed by atoms with Gasteiger partial charge in [0.15, 0.2) is 5.11 Å². The summed E-state index contributed by atoms with van der Waals surface area (Å²) in [5.74, 6) is 1.86. The van der Waals surface area contributed by atoms with E-state index in [-0.39, 0.29) is 5.11 Å². The molecular weight excluding hydrogens is 382 g/mol. The van der Waals surface area contributed by atoms with E-state index in [0.717, 1.165) is 38.8 Å². The van der Waals surface area contributed by atoms with Gasteiger partial charge in [-0.1, -0.05) is 25.4 Å². The van der Waals surface area contributed by atoms with Gasteiger partial charge in [-0.2, -0.15) is 5.10 Å². The number of nitrogens with zero attached hydrogens (tertiary/aromatic N) is 1. The van der Waals surface area contributed by atoms with Crippen molar-refractivity contribution in [1.82, 2.24) is 5.43 Å². The van der Waals surface area contributed by atoms with Crippen molar-refractivity contribution in [1.29, 1.82) is 0 Å². The molecule has 0 fully saturated rings. The number of methoxy groups -OCH3 is 1. The average molecular weight is 406 g/mol. The summed E-state index contributed by atoms with van der Waals surface area (Å²) in [6, 6.07) is 9.65. The van der Waals surface area contributed by atoms with Crippen LogP contribution in [0, 0.1) is 6.92 Å². The number of ether oxygens (including phenoxy) is 2. The lowest BCUT2D eigenvalue weighted by Gasteiger charge is -2.17. The fourth-order valence-electron chi connectivity index (χ4n) is 2.56. The largest absolute Gasteiger partial charge is 0.496 e. The monoisotopic (exact) mass is 405 g/mol. The Morgan fingerprint density at radius 3 is 2.67 bits per heavy atom. The second-order valence-corrected chi connectivity index (χ2v) is 7.24. The molecule has 2 aromatic carbocycles. The summed E-state index contributed by atoms with van der Waals surface area (Å²) in [7, 11) is 1.63. The summed E-state index contributed by atoms with van der Waals surface area (Å²) < 4.78 is 11.6. The van der Waals surface area contributed by atoms with Crippen LogP contribution in [0.2, 0.25) is 5.02 Å². The molecule has 0 aliphatic carbocycles. The van der Waals surface area contributed by atoms with Crippen LogP contribution < -0.4 is 20.6 Å². The van der Waals surface area contributed by atoms with E-state index in [1.165, 1.54) is 0 Å². The maximum atomic E-state index is 6.27. The third kappa shape index (κ3) is 5.84. The lowest BCUT2D eigenvalue weighted by Crippen LogP contribution is -2.24. The van der Waals surface area contributed by atoms with E-state index >= 15 is 0 Å². The molecule has 0 aliphatic rings. The van der Waals surface area contributed by atoms with Crippen molar-refractivity contribution in [2.45, 2.75) is 33.3 Å². The predicted molar refractivity (Wildman–Crippen MR) is 115 cm³/mol. The number of thiocarbonyl (C=S) groups is 1. The van der Waals surface area contributed by atoms with Crippen LogP contribution in [0.25, 0.3) is 0 Å². The number of hydrazone groups is 1. The van der Waals surface area contributed by atoms with Crippen molar-refractivity contribution in [3.63, 3.8) is 0 Å². The highest BCUT2D eigenvalue weighted by Gasteiger charge is 2.13. The highest BCUT2D eigenvalue weighted by Crippen LogP contribution is 2.33. The molecule has 0 spiro atoms. The molecule has 2 rings (SSSR count). The minimum absolute atomic E-state index is 0.114. The lowest BCUT2D eigenvalue weighted by atomic mass is 10.0. The fourth-order valence-corrected chi connectivity index (χ4v) is 2.79. The molecule has 0 unspecified atom stereocenters. The lowest BCUT2D eigenvalue weighted by molar-refractivity contribution is 0.292. The number of hydrogen-bond donors (Lipinski definition) is 2. The van der Waals surface area contributed by atoms with E-state index in [1.807, 2.05) is 37.3 Å². The molecule has 144 valence electrons. The molecule has 2 aromatic rings. The van der Waals surface area contributed by atoms with Gasteiger partial charge in [0, 0.05) is 10.6 Å². The van der Waals surface area contributed by atoms with E-state index in [1.54, 1.807) is 13.3 Å². The number of rotatable bonds is 7. The normalized spacial score (nSPS) is 11.0. The van der Waals surface area contributed by atoms with Crippen LogP contribution >= 0.6 is 23.8 Å². The number of aryl methyl sites for hydroxylation is 1. The van der Waals surface area contributed by atoms with Gasteiger partial charge in [-0.15, -0.1) is 0 Å². The third-order valence-electron chi connectivity index (χ3n) is 3.99. The molecule has 0 amide bonds. The van der Waals surface area contributed by atoms with Crippen LogP contribution in [-0.2, 0) is 6.61 Å². The minimum Gasteiger partial charge on any atom is -0.496 e. The predicted octanol–water partition coefficient (Wildman–Crippen LogP) is 4.53. The minimum atomic E-state index is 0.114. The molecule has 0 atom stereocenters. The number of nitrogens with one attached hydrogen (secondary N) is 1. The second kappa shape index (κ2) is 9.58. The number of nitrogens with two attached hydrogens (primary N) is 1. The van der Waals surface area contributed by atoms with Gasteiger partial charge in [0.1, 0.15) is 18.1 Å². The van der Waals surface area contributed by atoms with Crippen molar-refractivity contribution < 1.29 is 9.47 Å². The Kier molecular flexibility index (Phi) is 7.45. The standard InChI is InChI=1S/C20H24ClN3O2S/c1-12(2)16-9-17(21)13(3)7-19(16)26-11-15-8-14(5-6-18(15)25-4)10-23-24-20(22)27/h5-10,12H,11H2,1-4H3,(H3,22,24,27). The highest BCUT2D eigenvalue weighted by molar-refractivity contribution is 7.80. The van der Waals surface area contributed by atoms with Crippen LogP contribution in [0.15, 0.2) is 35.4 Å². The molecule has 0 bridgehead atoms. The molecular formula is C20H24ClN3O2S. The maximum absolute atomic E-state index is 6.27. The molecule has 7 heteroatoms. The SMILES string of the molecule is COc1ccc(C=NNC(N)=S)cc1COc1cc(C)c(Cl)cc1C(C)C. The molecule has 0 aromatic heterocycles. The van der Waals surface area contributed by atoms with Crippen molar-refractivity contribution in [3.8, 4) is 11.5 Å². The molecule has 0 heterocycles. The Balaban J connectivity index is 2.25. The Bertz CT molecular complexity index is 853. The summed E-state index contributed by atoms with van der Waals surface area (Å²) in [6.45, 7) is 6.54. The Morgan fingerprint density at radius 1 is 1.30 bits per heavy atom. The highest BCUT2D eigenvalue weighted by atomic mass is 35.5. The van der Waals surface area contributed by atoms with E-state index < -0.39 is 0 Å². The Hall–Kier alpha value is -2.31. The van der Waals surface area contributed by atoms with E-state index in [2.05, 4.69) is 24.4 Å². The fraction of sp³-hybridized carbons (Fsp3) is 0.300. The Labute approximate surface area is 170 Å². The van der Waals surface area contributed by atoms with Crippen LogP contribution in [0.5, 0.6) is 11.5 Å². The molecule has 5 nitrogen and oxygen atoms in total. The molecule has 0 radical (unpaired) electrons. The first-order valence-corrected chi connectivity index (χ1v) is 9.28. The smallest absolute Gasteiger partial charge is 0.184 e. The second-order valence-electron chi connectivity index (χ2n) is 6.39. The van der Waals surface area contributed by atoms with Gasteiger partial charge in [-0.3, -0.25) is 5.43 Å². The first-order valence-electron chi connectivity index (χ1n) is 8.50. The molecule has 0 saturated heterocycles. The first kappa shape index (κ1) is 21.0. The van der Waals surface area contributed by atoms with Crippen LogP contribution in [0.3, 0.4) is 0 Å². The summed E-state index contributed by atoms with van der Waals surface area (Å²) in [5.41, 5.74) is 11.7. The molecule has 27 heavy (non-hydrogen) atoms. The van der Waals surface area contributed by atoms with E-state index in [9.17, 15) is 0 Å².